The Balaban J connectivity index is 0.000000605. The molecule has 0 spiro atoms. The number of pyridine rings is 1. The van der Waals surface area contributed by atoms with Crippen LogP contribution in [0.2, 0.25) is 0 Å². The summed E-state index contributed by atoms with van der Waals surface area (Å²) in [4.78, 5) is 0. The minimum Gasteiger partial charge on any atom is -1.00 e. The fourth-order valence-electron chi connectivity index (χ4n) is 1.33. The lowest BCUT2D eigenvalue weighted by atomic mass is 10.2. The number of rotatable bonds is 0. The molecule has 0 unspecified atom stereocenters. The molecular formula is C9H10BrN. The zero-order valence-electron chi connectivity index (χ0n) is 6.42. The summed E-state index contributed by atoms with van der Waals surface area (Å²) < 4.78 is 2.25. The molecule has 1 aromatic rings. The van der Waals surface area contributed by atoms with Crippen molar-refractivity contribution in [2.45, 2.75) is 13.5 Å². The number of nitrogens with zero attached hydrogens (tertiary/aromatic N) is 1. The van der Waals surface area contributed by atoms with Gasteiger partial charge < -0.3 is 17.0 Å². The van der Waals surface area contributed by atoms with Gasteiger partial charge in [-0.05, 0) is 19.1 Å². The Bertz CT molecular complexity index is 291. The monoisotopic (exact) mass is 211 g/mol. The third kappa shape index (κ3) is 1.36. The highest BCUT2D eigenvalue weighted by Crippen LogP contribution is 2.12. The average molecular weight is 212 g/mol. The van der Waals surface area contributed by atoms with Crippen LogP contribution < -0.4 is 21.5 Å². The Morgan fingerprint density at radius 1 is 1.36 bits per heavy atom. The summed E-state index contributed by atoms with van der Waals surface area (Å²) >= 11 is 0. The largest absolute Gasteiger partial charge is 1.00 e. The molecule has 0 aromatic carbocycles. The SMILES string of the molecule is CC1=CC[n+]2ccccc21.[Br-]. The van der Waals surface area contributed by atoms with Crippen LogP contribution in [0.25, 0.3) is 5.57 Å². The van der Waals surface area contributed by atoms with Crippen molar-refractivity contribution in [3.63, 3.8) is 0 Å². The number of hydrogen-bond acceptors (Lipinski definition) is 0. The van der Waals surface area contributed by atoms with Gasteiger partial charge >= 0.3 is 0 Å². The Kier molecular flexibility index (Phi) is 2.45. The minimum atomic E-state index is 0. The van der Waals surface area contributed by atoms with Crippen molar-refractivity contribution < 1.29 is 21.5 Å². The van der Waals surface area contributed by atoms with Gasteiger partial charge in [-0.3, -0.25) is 0 Å². The molecule has 58 valence electrons. The van der Waals surface area contributed by atoms with Crippen LogP contribution >= 0.6 is 0 Å². The first-order chi connectivity index (χ1) is 4.88. The van der Waals surface area contributed by atoms with Gasteiger partial charge in [-0.1, -0.05) is 0 Å². The quantitative estimate of drug-likeness (QED) is 0.456. The molecule has 0 saturated heterocycles. The number of fused-ring (bicyclic) bond motifs is 1. The van der Waals surface area contributed by atoms with Crippen LogP contribution in [-0.4, -0.2) is 0 Å². The van der Waals surface area contributed by atoms with E-state index in [4.69, 9.17) is 0 Å². The third-order valence-electron chi connectivity index (χ3n) is 1.94. The number of allylic oxidation sites excluding steroid dienone is 2. The second-order valence-corrected chi connectivity index (χ2v) is 2.63. The maximum absolute atomic E-state index is 2.25. The van der Waals surface area contributed by atoms with Gasteiger partial charge in [0.05, 0.1) is 0 Å². The van der Waals surface area contributed by atoms with Crippen LogP contribution in [0, 0.1) is 0 Å². The fourth-order valence-corrected chi connectivity index (χ4v) is 1.33. The molecule has 2 heterocycles. The van der Waals surface area contributed by atoms with E-state index in [1.54, 1.807) is 0 Å². The molecule has 11 heavy (non-hydrogen) atoms. The highest BCUT2D eigenvalue weighted by atomic mass is 79.9. The molecule has 1 aliphatic rings. The predicted octanol–water partition coefficient (Wildman–Crippen LogP) is -1.60. The number of hydrogen-bond donors (Lipinski definition) is 0. The topological polar surface area (TPSA) is 3.88 Å². The summed E-state index contributed by atoms with van der Waals surface area (Å²) in [6.45, 7) is 3.20. The Labute approximate surface area is 77.1 Å². The Morgan fingerprint density at radius 3 is 2.91 bits per heavy atom. The Morgan fingerprint density at radius 2 is 2.18 bits per heavy atom. The first-order valence-electron chi connectivity index (χ1n) is 3.53. The summed E-state index contributed by atoms with van der Waals surface area (Å²) in [5.41, 5.74) is 2.74. The second-order valence-electron chi connectivity index (χ2n) is 2.63. The summed E-state index contributed by atoms with van der Waals surface area (Å²) in [6.07, 6.45) is 4.36. The highest BCUT2D eigenvalue weighted by molar-refractivity contribution is 5.59. The molecule has 0 saturated carbocycles. The van der Waals surface area contributed by atoms with Crippen molar-refractivity contribution in [3.05, 3.63) is 36.2 Å². The maximum Gasteiger partial charge on any atom is 0.208 e. The maximum atomic E-state index is 2.25. The predicted molar refractivity (Wildman–Crippen MR) is 40.3 cm³/mol. The van der Waals surface area contributed by atoms with E-state index in [1.807, 2.05) is 0 Å². The van der Waals surface area contributed by atoms with E-state index in [0.717, 1.165) is 6.54 Å². The van der Waals surface area contributed by atoms with E-state index >= 15 is 0 Å². The van der Waals surface area contributed by atoms with Gasteiger partial charge in [0.2, 0.25) is 5.69 Å². The highest BCUT2D eigenvalue weighted by Gasteiger charge is 2.15. The van der Waals surface area contributed by atoms with E-state index in [9.17, 15) is 0 Å². The lowest BCUT2D eigenvalue weighted by Gasteiger charge is -1.90. The second kappa shape index (κ2) is 3.18. The summed E-state index contributed by atoms with van der Waals surface area (Å²) in [6, 6.07) is 6.29. The van der Waals surface area contributed by atoms with Crippen LogP contribution in [0.5, 0.6) is 0 Å². The molecule has 2 heteroatoms. The molecule has 1 nitrogen and oxygen atoms in total. The summed E-state index contributed by atoms with van der Waals surface area (Å²) in [5, 5.41) is 0. The fraction of sp³-hybridized carbons (Fsp3) is 0.222. The summed E-state index contributed by atoms with van der Waals surface area (Å²) in [7, 11) is 0. The van der Waals surface area contributed by atoms with Crippen LogP contribution in [-0.2, 0) is 6.54 Å². The minimum absolute atomic E-state index is 0. The number of aromatic nitrogens is 1. The van der Waals surface area contributed by atoms with Crippen molar-refractivity contribution in [1.82, 2.24) is 0 Å². The molecule has 1 aliphatic heterocycles. The summed E-state index contributed by atoms with van der Waals surface area (Å²) in [5.74, 6) is 0. The number of halogens is 1. The van der Waals surface area contributed by atoms with Gasteiger partial charge in [0.25, 0.3) is 0 Å². The first-order valence-corrected chi connectivity index (χ1v) is 3.53. The Hall–Kier alpha value is -0.630. The molecule has 0 atom stereocenters. The molecule has 0 N–H and O–H groups in total. The molecule has 2 rings (SSSR count). The van der Waals surface area contributed by atoms with Gasteiger partial charge in [0.1, 0.15) is 0 Å². The van der Waals surface area contributed by atoms with E-state index in [-0.39, 0.29) is 17.0 Å². The first kappa shape index (κ1) is 8.47. The zero-order chi connectivity index (χ0) is 6.97. The van der Waals surface area contributed by atoms with E-state index < -0.39 is 0 Å². The van der Waals surface area contributed by atoms with Crippen molar-refractivity contribution in [2.24, 2.45) is 0 Å². The van der Waals surface area contributed by atoms with E-state index in [0.29, 0.717) is 0 Å². The lowest BCUT2D eigenvalue weighted by Crippen LogP contribution is -3.00. The van der Waals surface area contributed by atoms with Crippen LogP contribution in [0.1, 0.15) is 12.6 Å². The van der Waals surface area contributed by atoms with Gasteiger partial charge in [-0.15, -0.1) is 0 Å². The molecule has 1 aromatic heterocycles. The average Bonchev–Trinajstić information content (AvgIpc) is 2.34. The zero-order valence-corrected chi connectivity index (χ0v) is 8.01. The molecule has 0 aliphatic carbocycles. The third-order valence-corrected chi connectivity index (χ3v) is 1.94. The lowest BCUT2D eigenvalue weighted by molar-refractivity contribution is -0.684. The van der Waals surface area contributed by atoms with Crippen LogP contribution in [0.3, 0.4) is 0 Å². The van der Waals surface area contributed by atoms with Gasteiger partial charge in [-0.25, -0.2) is 0 Å². The molecular weight excluding hydrogens is 202 g/mol. The molecule has 0 radical (unpaired) electrons. The van der Waals surface area contributed by atoms with Crippen LogP contribution in [0.15, 0.2) is 30.5 Å². The van der Waals surface area contributed by atoms with Crippen molar-refractivity contribution in [1.29, 1.82) is 0 Å². The van der Waals surface area contributed by atoms with Gasteiger partial charge in [0.15, 0.2) is 12.7 Å². The van der Waals surface area contributed by atoms with Crippen molar-refractivity contribution in [2.75, 3.05) is 0 Å². The van der Waals surface area contributed by atoms with E-state index in [1.165, 1.54) is 11.3 Å². The molecule has 0 bridgehead atoms. The molecule has 0 amide bonds. The van der Waals surface area contributed by atoms with E-state index in [2.05, 4.69) is 42.0 Å². The van der Waals surface area contributed by atoms with Crippen molar-refractivity contribution >= 4 is 5.57 Å². The normalized spacial score (nSPS) is 13.4. The van der Waals surface area contributed by atoms with Crippen LogP contribution in [0.4, 0.5) is 0 Å². The smallest absolute Gasteiger partial charge is 0.208 e. The van der Waals surface area contributed by atoms with Crippen molar-refractivity contribution in [3.8, 4) is 0 Å². The van der Waals surface area contributed by atoms with Gasteiger partial charge in [-0.2, -0.15) is 4.57 Å². The van der Waals surface area contributed by atoms with Gasteiger partial charge in [0, 0.05) is 17.7 Å². The molecule has 0 fully saturated rings. The standard InChI is InChI=1S/C9H10N.BrH/c1-8-5-7-10-6-3-2-4-9(8)10;/h2-6H,7H2,1H3;1H/q+1;/p-1.